The van der Waals surface area contributed by atoms with Crippen LogP contribution in [0.25, 0.3) is 66.4 Å². The van der Waals surface area contributed by atoms with Gasteiger partial charge in [-0.2, -0.15) is 0 Å². The van der Waals surface area contributed by atoms with Gasteiger partial charge in [-0.25, -0.2) is 0 Å². The molecule has 0 bridgehead atoms. The number of allylic oxidation sites excluding steroid dienone is 10. The molecular weight excluding hydrogens is 663 g/mol. The van der Waals surface area contributed by atoms with Crippen molar-refractivity contribution in [2.24, 2.45) is 5.92 Å². The summed E-state index contributed by atoms with van der Waals surface area (Å²) < 4.78 is 0. The third-order valence-corrected chi connectivity index (χ3v) is 12.6. The second-order valence-corrected chi connectivity index (χ2v) is 15.7. The van der Waals surface area contributed by atoms with Crippen molar-refractivity contribution in [2.75, 3.05) is 4.90 Å². The molecule has 11 rings (SSSR count). The van der Waals surface area contributed by atoms with E-state index in [4.69, 9.17) is 0 Å². The molecule has 1 heteroatoms. The van der Waals surface area contributed by atoms with Crippen LogP contribution in [0, 0.1) is 5.92 Å². The molecule has 1 atom stereocenters. The normalized spacial score (nSPS) is 17.8. The van der Waals surface area contributed by atoms with E-state index in [0.717, 1.165) is 32.1 Å². The molecule has 1 unspecified atom stereocenters. The highest BCUT2D eigenvalue weighted by Gasteiger charge is 2.25. The molecule has 7 aromatic rings. The van der Waals surface area contributed by atoms with Crippen molar-refractivity contribution in [3.05, 3.63) is 191 Å². The molecule has 0 aliphatic heterocycles. The minimum Gasteiger partial charge on any atom is -0.314 e. The quantitative estimate of drug-likeness (QED) is 0.161. The maximum Gasteiger partial charge on any atom is 0.0543 e. The van der Waals surface area contributed by atoms with E-state index in [2.05, 4.69) is 175 Å². The predicted molar refractivity (Wildman–Crippen MR) is 237 cm³/mol. The Morgan fingerprint density at radius 2 is 1.31 bits per heavy atom. The second kappa shape index (κ2) is 13.3. The fraction of sp³-hybridized carbons (Fsp3) is 0.148. The van der Waals surface area contributed by atoms with Gasteiger partial charge in [0.25, 0.3) is 0 Å². The van der Waals surface area contributed by atoms with Crippen molar-refractivity contribution in [3.63, 3.8) is 0 Å². The first kappa shape index (κ1) is 32.3. The van der Waals surface area contributed by atoms with Crippen LogP contribution in [0.4, 0.5) is 11.4 Å². The summed E-state index contributed by atoms with van der Waals surface area (Å²) in [5.74, 6) is 0.612. The maximum absolute atomic E-state index is 2.59. The van der Waals surface area contributed by atoms with Crippen LogP contribution in [0.5, 0.6) is 0 Å². The van der Waals surface area contributed by atoms with Crippen molar-refractivity contribution in [3.8, 4) is 0 Å². The summed E-state index contributed by atoms with van der Waals surface area (Å²) in [7, 11) is 0. The summed E-state index contributed by atoms with van der Waals surface area (Å²) in [5, 5.41) is 13.4. The fourth-order valence-electron chi connectivity index (χ4n) is 10.0. The average Bonchev–Trinajstić information content (AvgIpc) is 3.26. The van der Waals surface area contributed by atoms with Crippen LogP contribution in [0.15, 0.2) is 169 Å². The van der Waals surface area contributed by atoms with Crippen molar-refractivity contribution >= 4 is 77.8 Å². The smallest absolute Gasteiger partial charge is 0.0543 e. The Bertz CT molecular complexity index is 3010. The van der Waals surface area contributed by atoms with Gasteiger partial charge in [-0.1, -0.05) is 146 Å². The van der Waals surface area contributed by atoms with E-state index in [1.165, 1.54) is 111 Å². The van der Waals surface area contributed by atoms with Gasteiger partial charge < -0.3 is 4.90 Å². The van der Waals surface area contributed by atoms with Crippen LogP contribution in [0.1, 0.15) is 56.1 Å². The van der Waals surface area contributed by atoms with Crippen molar-refractivity contribution in [2.45, 2.75) is 44.9 Å². The number of benzene rings is 7. The van der Waals surface area contributed by atoms with Crippen LogP contribution in [0.3, 0.4) is 0 Å². The molecule has 0 saturated heterocycles. The monoisotopic (exact) mass is 705 g/mol. The Labute approximate surface area is 322 Å². The zero-order valence-electron chi connectivity index (χ0n) is 31.1. The van der Waals surface area contributed by atoms with Gasteiger partial charge in [0.2, 0.25) is 0 Å². The lowest BCUT2D eigenvalue weighted by Crippen LogP contribution is -2.29. The van der Waals surface area contributed by atoms with Crippen LogP contribution in [0.2, 0.25) is 0 Å². The Kier molecular flexibility index (Phi) is 7.80. The highest BCUT2D eigenvalue weighted by atomic mass is 15.1. The van der Waals surface area contributed by atoms with Gasteiger partial charge in [0.15, 0.2) is 0 Å². The fourth-order valence-corrected chi connectivity index (χ4v) is 10.0. The van der Waals surface area contributed by atoms with Crippen molar-refractivity contribution in [1.82, 2.24) is 0 Å². The molecule has 1 nitrogen and oxygen atoms in total. The topological polar surface area (TPSA) is 3.24 Å². The van der Waals surface area contributed by atoms with Crippen LogP contribution < -0.4 is 15.3 Å². The van der Waals surface area contributed by atoms with E-state index in [-0.39, 0.29) is 0 Å². The van der Waals surface area contributed by atoms with Gasteiger partial charge >= 0.3 is 0 Å². The van der Waals surface area contributed by atoms with E-state index >= 15 is 0 Å². The summed E-state index contributed by atoms with van der Waals surface area (Å²) >= 11 is 0. The number of fused-ring (bicyclic) bond motifs is 10. The largest absolute Gasteiger partial charge is 0.314 e. The van der Waals surface area contributed by atoms with E-state index in [9.17, 15) is 0 Å². The molecule has 0 saturated carbocycles. The van der Waals surface area contributed by atoms with Crippen LogP contribution in [-0.4, -0.2) is 0 Å². The van der Waals surface area contributed by atoms with Gasteiger partial charge in [-0.3, -0.25) is 0 Å². The molecular formula is C54H43N. The molecule has 4 aliphatic rings. The maximum atomic E-state index is 2.59. The first-order chi connectivity index (χ1) is 27.3. The molecule has 0 amide bonds. The molecule has 0 heterocycles. The number of nitrogens with zero attached hydrogens (tertiary/aromatic N) is 1. The molecule has 0 spiro atoms. The van der Waals surface area contributed by atoms with E-state index < -0.39 is 0 Å². The zero-order chi connectivity index (χ0) is 36.3. The summed E-state index contributed by atoms with van der Waals surface area (Å²) in [6, 6.07) is 45.6. The standard InChI is InChI=1S/C54H43N/c1-3-20-42-36(14-1)16-12-28-44(42)38-30-32-40(33-31-38)55(41-19-11-18-39(34-41)45-29-13-17-37-15-2-4-21-43(37)45)53-35-52-48-24-6-5-22-46(48)47-23-7-9-26-50(47)54(52)51-27-10-8-25-49(51)53/h1,3-6,8,10-14,16,18-30,32,34-35,37H,2,7,9,15,17,31,33H2. The molecule has 7 aromatic carbocycles. The SMILES string of the molecule is C1=CC2=C(c3cccc(N(C4=CC=C(c5cccc6ccccc56)CC4)c4cc5c6ccccc6c6c(c5c5ccccc45)=CCCC=6)c3)C=CCC2CC1. The lowest BCUT2D eigenvalue weighted by atomic mass is 9.79. The molecule has 264 valence electrons. The van der Waals surface area contributed by atoms with E-state index in [1.807, 2.05) is 0 Å². The van der Waals surface area contributed by atoms with E-state index in [0.29, 0.717) is 5.92 Å². The Hall–Kier alpha value is -6.18. The number of anilines is 2. The number of hydrogen-bond donors (Lipinski definition) is 0. The molecule has 0 aromatic heterocycles. The van der Waals surface area contributed by atoms with Gasteiger partial charge in [0, 0.05) is 16.8 Å². The second-order valence-electron chi connectivity index (χ2n) is 15.7. The highest BCUT2D eigenvalue weighted by molar-refractivity contribution is 6.21. The molecule has 0 fully saturated rings. The first-order valence-corrected chi connectivity index (χ1v) is 20.2. The summed E-state index contributed by atoms with van der Waals surface area (Å²) in [6.07, 6.45) is 26.9. The van der Waals surface area contributed by atoms with Crippen molar-refractivity contribution in [1.29, 1.82) is 0 Å². The molecule has 55 heavy (non-hydrogen) atoms. The predicted octanol–water partition coefficient (Wildman–Crippen LogP) is 13.2. The average molecular weight is 706 g/mol. The van der Waals surface area contributed by atoms with Gasteiger partial charge in [0.05, 0.1) is 5.69 Å². The molecule has 4 aliphatic carbocycles. The lowest BCUT2D eigenvalue weighted by Gasteiger charge is -2.32. The number of rotatable bonds is 5. The first-order valence-electron chi connectivity index (χ1n) is 20.2. The highest BCUT2D eigenvalue weighted by Crippen LogP contribution is 2.45. The molecule has 0 N–H and O–H groups in total. The van der Waals surface area contributed by atoms with Gasteiger partial charge in [-0.15, -0.1) is 0 Å². The Morgan fingerprint density at radius 1 is 0.545 bits per heavy atom. The third-order valence-electron chi connectivity index (χ3n) is 12.6. The Morgan fingerprint density at radius 3 is 2.18 bits per heavy atom. The lowest BCUT2D eigenvalue weighted by molar-refractivity contribution is 0.568. The third kappa shape index (κ3) is 5.36. The Balaban J connectivity index is 1.17. The minimum absolute atomic E-state index is 0.612. The summed E-state index contributed by atoms with van der Waals surface area (Å²) in [4.78, 5) is 2.59. The van der Waals surface area contributed by atoms with E-state index in [1.54, 1.807) is 0 Å². The summed E-state index contributed by atoms with van der Waals surface area (Å²) in [6.45, 7) is 0. The zero-order valence-corrected chi connectivity index (χ0v) is 31.1. The van der Waals surface area contributed by atoms with Gasteiger partial charge in [-0.05, 0) is 151 Å². The number of hydrogen-bond acceptors (Lipinski definition) is 1. The summed E-state index contributed by atoms with van der Waals surface area (Å²) in [5.41, 5.74) is 10.7. The van der Waals surface area contributed by atoms with Crippen LogP contribution in [-0.2, 0) is 0 Å². The minimum atomic E-state index is 0.612. The van der Waals surface area contributed by atoms with Crippen LogP contribution >= 0.6 is 0 Å². The van der Waals surface area contributed by atoms with Gasteiger partial charge in [0.1, 0.15) is 0 Å². The molecule has 0 radical (unpaired) electrons. The van der Waals surface area contributed by atoms with Crippen molar-refractivity contribution < 1.29 is 0 Å².